The third-order valence-corrected chi connectivity index (χ3v) is 4.95. The maximum atomic E-state index is 12.6. The van der Waals surface area contributed by atoms with Crippen LogP contribution in [-0.2, 0) is 9.53 Å². The van der Waals surface area contributed by atoms with Gasteiger partial charge < -0.3 is 15.0 Å². The van der Waals surface area contributed by atoms with Crippen molar-refractivity contribution in [1.82, 2.24) is 15.1 Å². The van der Waals surface area contributed by atoms with Crippen LogP contribution in [0, 0.1) is 11.3 Å². The van der Waals surface area contributed by atoms with Gasteiger partial charge in [0.25, 0.3) is 0 Å². The van der Waals surface area contributed by atoms with Crippen LogP contribution in [0.4, 0.5) is 0 Å². The van der Waals surface area contributed by atoms with Crippen molar-refractivity contribution in [2.45, 2.75) is 56.7 Å². The molecule has 1 heterocycles. The van der Waals surface area contributed by atoms with E-state index in [2.05, 4.69) is 21.2 Å². The van der Waals surface area contributed by atoms with Crippen molar-refractivity contribution in [3.05, 3.63) is 0 Å². The fraction of sp³-hybridized carbons (Fsp3) is 0.882. The van der Waals surface area contributed by atoms with E-state index in [1.54, 1.807) is 0 Å². The Morgan fingerprint density at radius 1 is 1.43 bits per heavy atom. The molecular weight excluding hydrogens is 292 g/mol. The van der Waals surface area contributed by atoms with E-state index < -0.39 is 5.54 Å². The Morgan fingerprint density at radius 2 is 2.13 bits per heavy atom. The van der Waals surface area contributed by atoms with E-state index >= 15 is 0 Å². The minimum Gasteiger partial charge on any atom is -0.374 e. The first-order valence-electron chi connectivity index (χ1n) is 8.69. The molecule has 23 heavy (non-hydrogen) atoms. The SMILES string of the molecule is C[C@@H](C(=O)NC1(C#N)CCCCC1)N1CCO[C@@H](CN(C)C)C1. The summed E-state index contributed by atoms with van der Waals surface area (Å²) in [7, 11) is 4.05. The standard InChI is InChI=1S/C17H30N4O2/c1-14(21-9-10-23-15(12-21)11-20(2)3)16(22)19-17(13-18)7-5-4-6-8-17/h14-15H,4-12H2,1-3H3,(H,19,22)/t14-,15-/m0/s1. The van der Waals surface area contributed by atoms with Crippen LogP contribution in [0.15, 0.2) is 0 Å². The molecule has 2 aliphatic rings. The molecule has 0 aromatic heterocycles. The molecule has 0 unspecified atom stereocenters. The van der Waals surface area contributed by atoms with Crippen molar-refractivity contribution in [2.24, 2.45) is 0 Å². The lowest BCUT2D eigenvalue weighted by Crippen LogP contribution is -2.58. The van der Waals surface area contributed by atoms with Crippen LogP contribution < -0.4 is 5.32 Å². The van der Waals surface area contributed by atoms with E-state index in [9.17, 15) is 10.1 Å². The van der Waals surface area contributed by atoms with Gasteiger partial charge in [-0.1, -0.05) is 19.3 Å². The van der Waals surface area contributed by atoms with Gasteiger partial charge in [0, 0.05) is 19.6 Å². The van der Waals surface area contributed by atoms with Gasteiger partial charge in [-0.25, -0.2) is 0 Å². The van der Waals surface area contributed by atoms with E-state index in [1.807, 2.05) is 21.0 Å². The highest BCUT2D eigenvalue weighted by Crippen LogP contribution is 2.27. The highest BCUT2D eigenvalue weighted by molar-refractivity contribution is 5.82. The van der Waals surface area contributed by atoms with Gasteiger partial charge in [0.1, 0.15) is 5.54 Å². The first-order chi connectivity index (χ1) is 11.0. The van der Waals surface area contributed by atoms with Crippen molar-refractivity contribution >= 4 is 5.91 Å². The summed E-state index contributed by atoms with van der Waals surface area (Å²) in [5.41, 5.74) is -0.654. The Morgan fingerprint density at radius 3 is 2.74 bits per heavy atom. The molecule has 2 rings (SSSR count). The number of amides is 1. The largest absolute Gasteiger partial charge is 0.374 e. The minimum atomic E-state index is -0.654. The van der Waals surface area contributed by atoms with Crippen molar-refractivity contribution in [3.8, 4) is 6.07 Å². The number of nitriles is 1. The first kappa shape index (κ1) is 18.2. The monoisotopic (exact) mass is 322 g/mol. The molecule has 0 radical (unpaired) electrons. The second-order valence-corrected chi connectivity index (χ2v) is 7.17. The van der Waals surface area contributed by atoms with E-state index in [-0.39, 0.29) is 18.1 Å². The molecule has 6 nitrogen and oxygen atoms in total. The molecular formula is C17H30N4O2. The Hall–Kier alpha value is -1.16. The van der Waals surface area contributed by atoms with Crippen LogP contribution in [0.5, 0.6) is 0 Å². The smallest absolute Gasteiger partial charge is 0.238 e. The summed E-state index contributed by atoms with van der Waals surface area (Å²) in [5, 5.41) is 12.6. The van der Waals surface area contributed by atoms with Crippen LogP contribution in [0.1, 0.15) is 39.0 Å². The minimum absolute atomic E-state index is 0.0287. The van der Waals surface area contributed by atoms with Crippen molar-refractivity contribution in [3.63, 3.8) is 0 Å². The molecule has 0 spiro atoms. The van der Waals surface area contributed by atoms with Gasteiger partial charge in [-0.05, 0) is 33.9 Å². The maximum Gasteiger partial charge on any atom is 0.238 e. The lowest BCUT2D eigenvalue weighted by atomic mass is 9.82. The Kier molecular flexibility index (Phi) is 6.40. The summed E-state index contributed by atoms with van der Waals surface area (Å²) in [6.07, 6.45) is 4.87. The topological polar surface area (TPSA) is 68.6 Å². The number of ether oxygens (including phenoxy) is 1. The van der Waals surface area contributed by atoms with Crippen LogP contribution in [0.3, 0.4) is 0 Å². The van der Waals surface area contributed by atoms with Crippen LogP contribution in [0.25, 0.3) is 0 Å². The lowest BCUT2D eigenvalue weighted by Gasteiger charge is -2.39. The molecule has 1 saturated heterocycles. The average molecular weight is 322 g/mol. The van der Waals surface area contributed by atoms with Gasteiger partial charge >= 0.3 is 0 Å². The zero-order valence-electron chi connectivity index (χ0n) is 14.7. The molecule has 0 bridgehead atoms. The zero-order chi connectivity index (χ0) is 16.9. The fourth-order valence-corrected chi connectivity index (χ4v) is 3.54. The number of likely N-dealkylation sites (N-methyl/N-ethyl adjacent to an activating group) is 1. The zero-order valence-corrected chi connectivity index (χ0v) is 14.7. The van der Waals surface area contributed by atoms with E-state index in [0.717, 1.165) is 51.7 Å². The predicted octanol–water partition coefficient (Wildman–Crippen LogP) is 0.980. The number of rotatable bonds is 5. The lowest BCUT2D eigenvalue weighted by molar-refractivity contribution is -0.131. The molecule has 0 aromatic carbocycles. The summed E-state index contributed by atoms with van der Waals surface area (Å²) in [6.45, 7) is 4.96. The van der Waals surface area contributed by atoms with Crippen molar-refractivity contribution in [2.75, 3.05) is 40.3 Å². The predicted molar refractivity (Wildman–Crippen MR) is 88.9 cm³/mol. The highest BCUT2D eigenvalue weighted by atomic mass is 16.5. The summed E-state index contributed by atoms with van der Waals surface area (Å²) < 4.78 is 5.77. The number of morpholine rings is 1. The van der Waals surface area contributed by atoms with Crippen molar-refractivity contribution < 1.29 is 9.53 Å². The quantitative estimate of drug-likeness (QED) is 0.817. The third kappa shape index (κ3) is 4.90. The summed E-state index contributed by atoms with van der Waals surface area (Å²) >= 11 is 0. The van der Waals surface area contributed by atoms with Gasteiger partial charge in [0.15, 0.2) is 0 Å². The van der Waals surface area contributed by atoms with Crippen molar-refractivity contribution in [1.29, 1.82) is 5.26 Å². The molecule has 1 amide bonds. The third-order valence-electron chi connectivity index (χ3n) is 4.95. The highest BCUT2D eigenvalue weighted by Gasteiger charge is 2.36. The Labute approximate surface area is 139 Å². The molecule has 130 valence electrons. The number of hydrogen-bond donors (Lipinski definition) is 1. The summed E-state index contributed by atoms with van der Waals surface area (Å²) in [5.74, 6) is -0.0287. The normalized spacial score (nSPS) is 26.5. The Bertz CT molecular complexity index is 440. The summed E-state index contributed by atoms with van der Waals surface area (Å²) in [6, 6.07) is 2.13. The second kappa shape index (κ2) is 8.09. The van der Waals surface area contributed by atoms with Gasteiger partial charge in [-0.15, -0.1) is 0 Å². The molecule has 1 saturated carbocycles. The van der Waals surface area contributed by atoms with Crippen LogP contribution in [-0.4, -0.2) is 73.7 Å². The van der Waals surface area contributed by atoms with Gasteiger partial charge in [-0.2, -0.15) is 5.26 Å². The number of nitrogens with zero attached hydrogens (tertiary/aromatic N) is 3. The maximum absolute atomic E-state index is 12.6. The molecule has 0 aromatic rings. The molecule has 1 aliphatic carbocycles. The van der Waals surface area contributed by atoms with Crippen LogP contribution in [0.2, 0.25) is 0 Å². The van der Waals surface area contributed by atoms with E-state index in [0.29, 0.717) is 6.61 Å². The van der Waals surface area contributed by atoms with Crippen LogP contribution >= 0.6 is 0 Å². The molecule has 1 aliphatic heterocycles. The van der Waals surface area contributed by atoms with Gasteiger partial charge in [0.05, 0.1) is 24.8 Å². The molecule has 2 atom stereocenters. The number of nitrogens with one attached hydrogen (secondary N) is 1. The Balaban J connectivity index is 1.92. The fourth-order valence-electron chi connectivity index (χ4n) is 3.54. The van der Waals surface area contributed by atoms with Gasteiger partial charge in [0.2, 0.25) is 5.91 Å². The summed E-state index contributed by atoms with van der Waals surface area (Å²) in [4.78, 5) is 16.9. The van der Waals surface area contributed by atoms with E-state index in [4.69, 9.17) is 4.74 Å². The number of carbonyl (C=O) groups is 1. The first-order valence-corrected chi connectivity index (χ1v) is 8.69. The number of carbonyl (C=O) groups excluding carboxylic acids is 1. The number of hydrogen-bond acceptors (Lipinski definition) is 5. The average Bonchev–Trinajstić information content (AvgIpc) is 2.54. The second-order valence-electron chi connectivity index (χ2n) is 7.17. The molecule has 6 heteroatoms. The van der Waals surface area contributed by atoms with E-state index in [1.165, 1.54) is 0 Å². The molecule has 2 fully saturated rings. The molecule has 1 N–H and O–H groups in total. The van der Waals surface area contributed by atoms with Gasteiger partial charge in [-0.3, -0.25) is 9.69 Å².